The number of methoxy groups -OCH3 is 1. The van der Waals surface area contributed by atoms with Crippen molar-refractivity contribution in [3.8, 4) is 11.5 Å². The van der Waals surface area contributed by atoms with Crippen molar-refractivity contribution in [2.45, 2.75) is 24.8 Å². The van der Waals surface area contributed by atoms with Gasteiger partial charge in [-0.3, -0.25) is 4.31 Å². The first-order valence-corrected chi connectivity index (χ1v) is 8.79. The second kappa shape index (κ2) is 7.09. The molecule has 7 heteroatoms. The van der Waals surface area contributed by atoms with Crippen LogP contribution >= 0.6 is 0 Å². The van der Waals surface area contributed by atoms with E-state index in [1.165, 1.54) is 26.3 Å². The number of ether oxygens (including phenoxy) is 2. The number of halogens is 1. The summed E-state index contributed by atoms with van der Waals surface area (Å²) in [6, 6.07) is 10.2. The molecule has 0 amide bonds. The number of rotatable bonds is 6. The van der Waals surface area contributed by atoms with Gasteiger partial charge in [0.1, 0.15) is 5.75 Å². The Morgan fingerprint density at radius 3 is 2.21 bits per heavy atom. The monoisotopic (exact) mass is 353 g/mol. The van der Waals surface area contributed by atoms with Gasteiger partial charge in [-0.25, -0.2) is 12.8 Å². The number of hydrogen-bond donors (Lipinski definition) is 0. The zero-order valence-corrected chi connectivity index (χ0v) is 14.8. The Bertz CT molecular complexity index is 804. The first-order valence-electron chi connectivity index (χ1n) is 7.35. The lowest BCUT2D eigenvalue weighted by molar-refractivity contribution is 0.242. The lowest BCUT2D eigenvalue weighted by Gasteiger charge is -2.20. The van der Waals surface area contributed by atoms with E-state index in [-0.39, 0.29) is 16.7 Å². The fourth-order valence-corrected chi connectivity index (χ4v) is 3.32. The molecule has 0 N–H and O–H groups in total. The standard InChI is InChI=1S/C17H20FNO4S/c1-12(2)23-14-7-5-13(6-8-14)19(3)24(20,21)15-9-10-17(22-4)16(18)11-15/h5-12H,1-4H3. The maximum atomic E-state index is 13.8. The van der Waals surface area contributed by atoms with Crippen LogP contribution in [0.5, 0.6) is 11.5 Å². The van der Waals surface area contributed by atoms with Crippen LogP contribution in [-0.4, -0.2) is 28.7 Å². The zero-order valence-electron chi connectivity index (χ0n) is 14.0. The average molecular weight is 353 g/mol. The molecule has 2 rings (SSSR count). The number of sulfonamides is 1. The van der Waals surface area contributed by atoms with Crippen molar-refractivity contribution in [3.05, 3.63) is 48.3 Å². The smallest absolute Gasteiger partial charge is 0.264 e. The molecule has 0 atom stereocenters. The maximum Gasteiger partial charge on any atom is 0.264 e. The third-order valence-corrected chi connectivity index (χ3v) is 5.14. The first-order chi connectivity index (χ1) is 11.3. The average Bonchev–Trinajstić information content (AvgIpc) is 2.54. The fourth-order valence-electron chi connectivity index (χ4n) is 2.11. The molecule has 0 saturated heterocycles. The summed E-state index contributed by atoms with van der Waals surface area (Å²) in [5.41, 5.74) is 0.447. The summed E-state index contributed by atoms with van der Waals surface area (Å²) in [7, 11) is -1.15. The Kier molecular flexibility index (Phi) is 5.33. The van der Waals surface area contributed by atoms with Gasteiger partial charge < -0.3 is 9.47 Å². The van der Waals surface area contributed by atoms with Gasteiger partial charge in [-0.05, 0) is 56.3 Å². The molecule has 24 heavy (non-hydrogen) atoms. The predicted molar refractivity (Wildman–Crippen MR) is 90.7 cm³/mol. The largest absolute Gasteiger partial charge is 0.494 e. The number of nitrogens with zero attached hydrogens (tertiary/aromatic N) is 1. The van der Waals surface area contributed by atoms with E-state index in [0.717, 1.165) is 10.4 Å². The minimum Gasteiger partial charge on any atom is -0.494 e. The van der Waals surface area contributed by atoms with Crippen LogP contribution in [0.25, 0.3) is 0 Å². The molecule has 0 aliphatic rings. The summed E-state index contributed by atoms with van der Waals surface area (Å²) in [6.45, 7) is 3.81. The highest BCUT2D eigenvalue weighted by Crippen LogP contribution is 2.27. The van der Waals surface area contributed by atoms with Crippen LogP contribution in [0.1, 0.15) is 13.8 Å². The van der Waals surface area contributed by atoms with Crippen LogP contribution in [0.2, 0.25) is 0 Å². The van der Waals surface area contributed by atoms with E-state index in [4.69, 9.17) is 9.47 Å². The van der Waals surface area contributed by atoms with Crippen LogP contribution in [0.4, 0.5) is 10.1 Å². The predicted octanol–water partition coefficient (Wildman–Crippen LogP) is 3.45. The summed E-state index contributed by atoms with van der Waals surface area (Å²) >= 11 is 0. The Morgan fingerprint density at radius 1 is 1.08 bits per heavy atom. The molecule has 0 spiro atoms. The third kappa shape index (κ3) is 3.79. The van der Waals surface area contributed by atoms with Crippen molar-refractivity contribution in [3.63, 3.8) is 0 Å². The summed E-state index contributed by atoms with van der Waals surface area (Å²) in [5, 5.41) is 0. The summed E-state index contributed by atoms with van der Waals surface area (Å²) < 4.78 is 50.5. The molecule has 2 aromatic rings. The molecule has 130 valence electrons. The molecule has 0 bridgehead atoms. The normalized spacial score (nSPS) is 11.4. The highest BCUT2D eigenvalue weighted by atomic mass is 32.2. The van der Waals surface area contributed by atoms with Crippen molar-refractivity contribution in [2.24, 2.45) is 0 Å². The molecular weight excluding hydrogens is 333 g/mol. The van der Waals surface area contributed by atoms with E-state index >= 15 is 0 Å². The minimum absolute atomic E-state index is 0.00760. The number of hydrogen-bond acceptors (Lipinski definition) is 4. The van der Waals surface area contributed by atoms with Gasteiger partial charge in [0.2, 0.25) is 0 Å². The van der Waals surface area contributed by atoms with E-state index in [1.807, 2.05) is 13.8 Å². The molecule has 5 nitrogen and oxygen atoms in total. The molecule has 0 heterocycles. The topological polar surface area (TPSA) is 55.8 Å². The van der Waals surface area contributed by atoms with Crippen LogP contribution in [-0.2, 0) is 10.0 Å². The van der Waals surface area contributed by atoms with Gasteiger partial charge in [-0.15, -0.1) is 0 Å². The van der Waals surface area contributed by atoms with E-state index in [1.54, 1.807) is 24.3 Å². The van der Waals surface area contributed by atoms with Gasteiger partial charge in [0.15, 0.2) is 11.6 Å². The second-order valence-corrected chi connectivity index (χ2v) is 7.40. The number of benzene rings is 2. The maximum absolute atomic E-state index is 13.8. The summed E-state index contributed by atoms with van der Waals surface area (Å²) in [4.78, 5) is -0.147. The van der Waals surface area contributed by atoms with Gasteiger partial charge in [0, 0.05) is 7.05 Å². The van der Waals surface area contributed by atoms with Crippen LogP contribution in [0, 0.1) is 5.82 Å². The van der Waals surface area contributed by atoms with Crippen LogP contribution in [0.15, 0.2) is 47.4 Å². The van der Waals surface area contributed by atoms with Crippen molar-refractivity contribution >= 4 is 15.7 Å². The Hall–Kier alpha value is -2.28. The fraction of sp³-hybridized carbons (Fsp3) is 0.294. The van der Waals surface area contributed by atoms with Gasteiger partial charge in [0.25, 0.3) is 10.0 Å². The van der Waals surface area contributed by atoms with Gasteiger partial charge >= 0.3 is 0 Å². The first kappa shape index (κ1) is 18.1. The van der Waals surface area contributed by atoms with Crippen molar-refractivity contribution < 1.29 is 22.3 Å². The third-order valence-electron chi connectivity index (χ3n) is 3.35. The molecule has 2 aromatic carbocycles. The summed E-state index contributed by atoms with van der Waals surface area (Å²) in [5.74, 6) is -0.0884. The Labute approximate surface area is 141 Å². The van der Waals surface area contributed by atoms with Crippen LogP contribution in [0.3, 0.4) is 0 Å². The van der Waals surface area contributed by atoms with Crippen molar-refractivity contribution in [2.75, 3.05) is 18.5 Å². The molecular formula is C17H20FNO4S. The lowest BCUT2D eigenvalue weighted by Crippen LogP contribution is -2.26. The quantitative estimate of drug-likeness (QED) is 0.798. The molecule has 0 saturated carbocycles. The minimum atomic E-state index is -3.88. The SMILES string of the molecule is COc1ccc(S(=O)(=O)N(C)c2ccc(OC(C)C)cc2)cc1F. The zero-order chi connectivity index (χ0) is 17.9. The molecule has 0 unspecified atom stereocenters. The van der Waals surface area contributed by atoms with Gasteiger partial charge in [0.05, 0.1) is 23.8 Å². The molecule has 0 aromatic heterocycles. The summed E-state index contributed by atoms with van der Waals surface area (Å²) in [6.07, 6.45) is 0.0274. The van der Waals surface area contributed by atoms with E-state index < -0.39 is 15.8 Å². The van der Waals surface area contributed by atoms with Crippen molar-refractivity contribution in [1.29, 1.82) is 0 Å². The van der Waals surface area contributed by atoms with E-state index in [9.17, 15) is 12.8 Å². The van der Waals surface area contributed by atoms with E-state index in [2.05, 4.69) is 0 Å². The highest BCUT2D eigenvalue weighted by Gasteiger charge is 2.23. The Morgan fingerprint density at radius 2 is 1.71 bits per heavy atom. The molecule has 0 aliphatic carbocycles. The molecule has 0 fully saturated rings. The van der Waals surface area contributed by atoms with Crippen LogP contribution < -0.4 is 13.8 Å². The Balaban J connectivity index is 2.30. The lowest BCUT2D eigenvalue weighted by atomic mass is 10.3. The van der Waals surface area contributed by atoms with Crippen molar-refractivity contribution in [1.82, 2.24) is 0 Å². The van der Waals surface area contributed by atoms with Gasteiger partial charge in [-0.1, -0.05) is 0 Å². The van der Waals surface area contributed by atoms with Gasteiger partial charge in [-0.2, -0.15) is 0 Å². The molecule has 0 aliphatic heterocycles. The highest BCUT2D eigenvalue weighted by molar-refractivity contribution is 7.92. The van der Waals surface area contributed by atoms with E-state index in [0.29, 0.717) is 11.4 Å². The second-order valence-electron chi connectivity index (χ2n) is 5.43. The molecule has 0 radical (unpaired) electrons. The number of anilines is 1.